The van der Waals surface area contributed by atoms with Gasteiger partial charge in [0.15, 0.2) is 0 Å². The van der Waals surface area contributed by atoms with Crippen LogP contribution in [0.5, 0.6) is 0 Å². The van der Waals surface area contributed by atoms with Crippen LogP contribution in [-0.2, 0) is 4.74 Å². The highest BCUT2D eigenvalue weighted by molar-refractivity contribution is 7.07. The molecule has 1 heterocycles. The molecule has 1 aromatic heterocycles. The molecule has 1 aromatic rings. The van der Waals surface area contributed by atoms with E-state index in [9.17, 15) is 4.79 Å². The minimum atomic E-state index is -0.181. The minimum absolute atomic E-state index is 0.0931. The Kier molecular flexibility index (Phi) is 4.29. The van der Waals surface area contributed by atoms with Crippen molar-refractivity contribution in [2.75, 3.05) is 13.7 Å². The number of aromatic nitrogens is 2. The number of hydrogen-bond acceptors (Lipinski definition) is 5. The van der Waals surface area contributed by atoms with E-state index in [0.717, 1.165) is 24.4 Å². The first kappa shape index (κ1) is 13.4. The second kappa shape index (κ2) is 5.75. The molecule has 1 fully saturated rings. The van der Waals surface area contributed by atoms with Gasteiger partial charge in [0.1, 0.15) is 4.88 Å². The van der Waals surface area contributed by atoms with Crippen molar-refractivity contribution in [2.45, 2.75) is 44.6 Å². The SMILES string of the molecule is COC1(CNC(=O)c2snnc2C)CCCCC1. The van der Waals surface area contributed by atoms with Gasteiger partial charge in [-0.1, -0.05) is 23.8 Å². The van der Waals surface area contributed by atoms with E-state index in [0.29, 0.717) is 17.1 Å². The Hall–Kier alpha value is -1.01. The average molecular weight is 269 g/mol. The van der Waals surface area contributed by atoms with Crippen LogP contribution in [0.4, 0.5) is 0 Å². The zero-order chi connectivity index (χ0) is 13.0. The molecule has 0 aliphatic heterocycles. The average Bonchev–Trinajstić information content (AvgIpc) is 2.83. The van der Waals surface area contributed by atoms with Crippen molar-refractivity contribution in [3.63, 3.8) is 0 Å². The molecule has 1 saturated carbocycles. The quantitative estimate of drug-likeness (QED) is 0.907. The number of aryl methyl sites for hydroxylation is 1. The van der Waals surface area contributed by atoms with Crippen molar-refractivity contribution in [1.29, 1.82) is 0 Å². The Bertz CT molecular complexity index is 413. The number of carbonyl (C=O) groups is 1. The number of amides is 1. The summed E-state index contributed by atoms with van der Waals surface area (Å²) in [5.74, 6) is -0.0931. The normalized spacial score (nSPS) is 18.6. The van der Waals surface area contributed by atoms with Crippen molar-refractivity contribution < 1.29 is 9.53 Å². The van der Waals surface area contributed by atoms with E-state index in [1.165, 1.54) is 19.3 Å². The van der Waals surface area contributed by atoms with Crippen molar-refractivity contribution in [3.05, 3.63) is 10.6 Å². The second-order valence-electron chi connectivity index (χ2n) is 4.82. The number of nitrogens with one attached hydrogen (secondary N) is 1. The summed E-state index contributed by atoms with van der Waals surface area (Å²) in [6, 6.07) is 0. The van der Waals surface area contributed by atoms with Gasteiger partial charge in [0.25, 0.3) is 5.91 Å². The summed E-state index contributed by atoms with van der Waals surface area (Å²) in [7, 11) is 1.73. The van der Waals surface area contributed by atoms with E-state index in [-0.39, 0.29) is 11.5 Å². The Labute approximate surface area is 111 Å². The van der Waals surface area contributed by atoms with Gasteiger partial charge in [-0.3, -0.25) is 4.79 Å². The molecule has 100 valence electrons. The maximum absolute atomic E-state index is 12.0. The van der Waals surface area contributed by atoms with Crippen molar-refractivity contribution in [2.24, 2.45) is 0 Å². The molecular formula is C12H19N3O2S. The molecule has 0 spiro atoms. The lowest BCUT2D eigenvalue weighted by Gasteiger charge is -2.36. The Morgan fingerprint density at radius 1 is 1.44 bits per heavy atom. The molecule has 2 rings (SSSR count). The smallest absolute Gasteiger partial charge is 0.265 e. The lowest BCUT2D eigenvalue weighted by molar-refractivity contribution is -0.0363. The molecule has 1 aliphatic carbocycles. The Balaban J connectivity index is 1.94. The molecule has 0 saturated heterocycles. The number of methoxy groups -OCH3 is 1. The van der Waals surface area contributed by atoms with Crippen LogP contribution < -0.4 is 5.32 Å². The number of carbonyl (C=O) groups excluding carboxylic acids is 1. The van der Waals surface area contributed by atoms with Crippen LogP contribution in [0, 0.1) is 6.92 Å². The van der Waals surface area contributed by atoms with Gasteiger partial charge >= 0.3 is 0 Å². The standard InChI is InChI=1S/C12H19N3O2S/c1-9-10(18-15-14-9)11(16)13-8-12(17-2)6-4-3-5-7-12/h3-8H2,1-2H3,(H,13,16). The minimum Gasteiger partial charge on any atom is -0.376 e. The molecule has 1 aliphatic rings. The molecule has 1 N–H and O–H groups in total. The summed E-state index contributed by atoms with van der Waals surface area (Å²) in [6.45, 7) is 2.37. The third-order valence-corrected chi connectivity index (χ3v) is 4.45. The first-order valence-corrected chi connectivity index (χ1v) is 7.06. The number of rotatable bonds is 4. The van der Waals surface area contributed by atoms with E-state index >= 15 is 0 Å². The molecule has 0 unspecified atom stereocenters. The van der Waals surface area contributed by atoms with Crippen molar-refractivity contribution >= 4 is 17.4 Å². The molecule has 18 heavy (non-hydrogen) atoms. The van der Waals surface area contributed by atoms with Crippen LogP contribution in [-0.4, -0.2) is 34.7 Å². The summed E-state index contributed by atoms with van der Waals surface area (Å²) in [5.41, 5.74) is 0.507. The molecule has 5 nitrogen and oxygen atoms in total. The van der Waals surface area contributed by atoms with E-state index < -0.39 is 0 Å². The lowest BCUT2D eigenvalue weighted by Crippen LogP contribution is -2.45. The van der Waals surface area contributed by atoms with Gasteiger partial charge in [0.05, 0.1) is 11.3 Å². The van der Waals surface area contributed by atoms with Gasteiger partial charge in [-0.05, 0) is 31.3 Å². The van der Waals surface area contributed by atoms with E-state index in [1.54, 1.807) is 14.0 Å². The predicted octanol–water partition coefficient (Wildman–Crippen LogP) is 1.93. The maximum atomic E-state index is 12.0. The number of hydrogen-bond donors (Lipinski definition) is 1. The summed E-state index contributed by atoms with van der Waals surface area (Å²) < 4.78 is 9.41. The lowest BCUT2D eigenvalue weighted by atomic mass is 9.84. The van der Waals surface area contributed by atoms with Crippen LogP contribution in [0.1, 0.15) is 47.5 Å². The molecule has 0 radical (unpaired) electrons. The molecule has 0 aromatic carbocycles. The maximum Gasteiger partial charge on any atom is 0.265 e. The fraction of sp³-hybridized carbons (Fsp3) is 0.750. The molecule has 0 bridgehead atoms. The molecule has 6 heteroatoms. The first-order valence-electron chi connectivity index (χ1n) is 6.29. The third kappa shape index (κ3) is 2.87. The van der Waals surface area contributed by atoms with E-state index in [4.69, 9.17) is 4.74 Å². The van der Waals surface area contributed by atoms with E-state index in [2.05, 4.69) is 14.9 Å². The fourth-order valence-electron chi connectivity index (χ4n) is 2.41. The summed E-state index contributed by atoms with van der Waals surface area (Å²) in [4.78, 5) is 12.6. The second-order valence-corrected chi connectivity index (χ2v) is 5.57. The highest BCUT2D eigenvalue weighted by Gasteiger charge is 2.32. The van der Waals surface area contributed by atoms with Crippen molar-refractivity contribution in [1.82, 2.24) is 14.9 Å². The predicted molar refractivity (Wildman–Crippen MR) is 69.8 cm³/mol. The van der Waals surface area contributed by atoms with Gasteiger partial charge in [-0.2, -0.15) is 0 Å². The zero-order valence-electron chi connectivity index (χ0n) is 10.9. The number of nitrogens with zero attached hydrogens (tertiary/aromatic N) is 2. The fourth-order valence-corrected chi connectivity index (χ4v) is 2.98. The Morgan fingerprint density at radius 2 is 2.17 bits per heavy atom. The van der Waals surface area contributed by atoms with Gasteiger partial charge in [0.2, 0.25) is 0 Å². The topological polar surface area (TPSA) is 64.1 Å². The van der Waals surface area contributed by atoms with Gasteiger partial charge in [-0.15, -0.1) is 5.10 Å². The van der Waals surface area contributed by atoms with Crippen LogP contribution >= 0.6 is 11.5 Å². The highest BCUT2D eigenvalue weighted by atomic mass is 32.1. The summed E-state index contributed by atoms with van der Waals surface area (Å²) in [6.07, 6.45) is 5.64. The molecule has 0 atom stereocenters. The largest absolute Gasteiger partial charge is 0.376 e. The Morgan fingerprint density at radius 3 is 2.72 bits per heavy atom. The van der Waals surface area contributed by atoms with Crippen LogP contribution in [0.25, 0.3) is 0 Å². The van der Waals surface area contributed by atoms with Crippen LogP contribution in [0.2, 0.25) is 0 Å². The first-order chi connectivity index (χ1) is 8.67. The van der Waals surface area contributed by atoms with Crippen molar-refractivity contribution in [3.8, 4) is 0 Å². The molecular weight excluding hydrogens is 250 g/mol. The summed E-state index contributed by atoms with van der Waals surface area (Å²) >= 11 is 1.14. The monoisotopic (exact) mass is 269 g/mol. The zero-order valence-corrected chi connectivity index (χ0v) is 11.7. The van der Waals surface area contributed by atoms with Gasteiger partial charge < -0.3 is 10.1 Å². The third-order valence-electron chi connectivity index (χ3n) is 3.63. The van der Waals surface area contributed by atoms with Crippen LogP contribution in [0.3, 0.4) is 0 Å². The van der Waals surface area contributed by atoms with E-state index in [1.807, 2.05) is 0 Å². The number of ether oxygens (including phenoxy) is 1. The van der Waals surface area contributed by atoms with Gasteiger partial charge in [-0.25, -0.2) is 0 Å². The van der Waals surface area contributed by atoms with Crippen LogP contribution in [0.15, 0.2) is 0 Å². The molecule has 1 amide bonds. The van der Waals surface area contributed by atoms with Gasteiger partial charge in [0, 0.05) is 13.7 Å². The summed E-state index contributed by atoms with van der Waals surface area (Å²) in [5, 5.41) is 6.80. The highest BCUT2D eigenvalue weighted by Crippen LogP contribution is 2.30.